The van der Waals surface area contributed by atoms with Crippen molar-refractivity contribution in [2.24, 2.45) is 5.73 Å². The zero-order valence-corrected chi connectivity index (χ0v) is 9.48. The first-order valence-corrected chi connectivity index (χ1v) is 5.51. The Bertz CT molecular complexity index is 252. The molecule has 0 spiro atoms. The van der Waals surface area contributed by atoms with Gasteiger partial charge in [0.25, 0.3) is 5.92 Å². The van der Waals surface area contributed by atoms with Gasteiger partial charge in [-0.25, -0.2) is 8.78 Å². The predicted molar refractivity (Wildman–Crippen MR) is 57.3 cm³/mol. The van der Waals surface area contributed by atoms with Gasteiger partial charge in [0, 0.05) is 0 Å². The molecule has 1 saturated heterocycles. The molecular weight excluding hydrogens is 216 g/mol. The summed E-state index contributed by atoms with van der Waals surface area (Å²) in [4.78, 5) is 11.7. The van der Waals surface area contributed by atoms with Crippen LogP contribution in [0.4, 0.5) is 8.78 Å². The standard InChI is InChI=1S/C10H19F2N3O/c1-9(4-2-3-5-15-9)8(16)14-7-10(11,12)6-13/h15H,2-7,13H2,1H3,(H,14,16). The number of rotatable bonds is 4. The van der Waals surface area contributed by atoms with E-state index in [0.29, 0.717) is 6.42 Å². The number of hydrogen-bond donors (Lipinski definition) is 3. The maximum Gasteiger partial charge on any atom is 0.277 e. The van der Waals surface area contributed by atoms with Gasteiger partial charge in [-0.2, -0.15) is 0 Å². The molecule has 0 radical (unpaired) electrons. The molecule has 0 aliphatic carbocycles. The number of halogens is 2. The van der Waals surface area contributed by atoms with Crippen molar-refractivity contribution >= 4 is 5.91 Å². The number of nitrogens with one attached hydrogen (secondary N) is 2. The summed E-state index contributed by atoms with van der Waals surface area (Å²) in [5.41, 5.74) is 4.17. The second-order valence-electron chi connectivity index (χ2n) is 4.46. The van der Waals surface area contributed by atoms with Crippen LogP contribution in [0.25, 0.3) is 0 Å². The first-order valence-electron chi connectivity index (χ1n) is 5.51. The van der Waals surface area contributed by atoms with Crippen LogP contribution in [0, 0.1) is 0 Å². The molecule has 1 atom stereocenters. The van der Waals surface area contributed by atoms with E-state index < -0.39 is 24.6 Å². The molecule has 0 aromatic carbocycles. The third-order valence-corrected chi connectivity index (χ3v) is 2.93. The lowest BCUT2D eigenvalue weighted by Gasteiger charge is -2.33. The van der Waals surface area contributed by atoms with Gasteiger partial charge in [0.2, 0.25) is 5.91 Å². The van der Waals surface area contributed by atoms with Crippen molar-refractivity contribution in [3.05, 3.63) is 0 Å². The fourth-order valence-corrected chi connectivity index (χ4v) is 1.73. The van der Waals surface area contributed by atoms with Gasteiger partial charge in [-0.15, -0.1) is 0 Å². The van der Waals surface area contributed by atoms with Gasteiger partial charge in [0.05, 0.1) is 18.6 Å². The summed E-state index contributed by atoms with van der Waals surface area (Å²) in [5.74, 6) is -3.40. The van der Waals surface area contributed by atoms with Crippen LogP contribution in [0.15, 0.2) is 0 Å². The minimum atomic E-state index is -3.03. The molecule has 4 N–H and O–H groups in total. The van der Waals surface area contributed by atoms with Gasteiger partial charge >= 0.3 is 0 Å². The van der Waals surface area contributed by atoms with Gasteiger partial charge in [0.15, 0.2) is 0 Å². The van der Waals surface area contributed by atoms with E-state index in [9.17, 15) is 13.6 Å². The molecule has 16 heavy (non-hydrogen) atoms. The fourth-order valence-electron chi connectivity index (χ4n) is 1.73. The smallest absolute Gasteiger partial charge is 0.277 e. The van der Waals surface area contributed by atoms with Crippen LogP contribution in [0.5, 0.6) is 0 Å². The monoisotopic (exact) mass is 235 g/mol. The van der Waals surface area contributed by atoms with Crippen LogP contribution in [-0.2, 0) is 4.79 Å². The summed E-state index contributed by atoms with van der Waals surface area (Å²) < 4.78 is 25.7. The Labute approximate surface area is 94.0 Å². The lowest BCUT2D eigenvalue weighted by atomic mass is 9.90. The van der Waals surface area contributed by atoms with Gasteiger partial charge in [-0.05, 0) is 32.7 Å². The predicted octanol–water partition coefficient (Wildman–Crippen LogP) is 0.229. The fraction of sp³-hybridized carbons (Fsp3) is 0.900. The van der Waals surface area contributed by atoms with Crippen molar-refractivity contribution in [1.29, 1.82) is 0 Å². The molecule has 1 amide bonds. The Kier molecular flexibility index (Phi) is 4.21. The van der Waals surface area contributed by atoms with Gasteiger partial charge in [-0.1, -0.05) is 0 Å². The van der Waals surface area contributed by atoms with Crippen LogP contribution < -0.4 is 16.4 Å². The van der Waals surface area contributed by atoms with E-state index in [1.165, 1.54) is 0 Å². The van der Waals surface area contributed by atoms with Gasteiger partial charge < -0.3 is 16.4 Å². The van der Waals surface area contributed by atoms with E-state index in [1.54, 1.807) is 6.92 Å². The number of carbonyl (C=O) groups excluding carboxylic acids is 1. The maximum atomic E-state index is 12.8. The summed E-state index contributed by atoms with van der Waals surface area (Å²) >= 11 is 0. The van der Waals surface area contributed by atoms with E-state index >= 15 is 0 Å². The van der Waals surface area contributed by atoms with Gasteiger partial charge in [-0.3, -0.25) is 4.79 Å². The SMILES string of the molecule is CC1(C(=O)NCC(F)(F)CN)CCCCN1. The normalized spacial score (nSPS) is 26.5. The molecule has 0 bridgehead atoms. The number of nitrogens with two attached hydrogens (primary N) is 1. The van der Waals surface area contributed by atoms with Crippen molar-refractivity contribution in [2.45, 2.75) is 37.6 Å². The molecule has 1 aliphatic rings. The van der Waals surface area contributed by atoms with Crippen LogP contribution in [0.1, 0.15) is 26.2 Å². The molecular formula is C10H19F2N3O. The second kappa shape index (κ2) is 5.05. The average Bonchev–Trinajstić information content (AvgIpc) is 2.27. The molecule has 0 aromatic heterocycles. The zero-order valence-electron chi connectivity index (χ0n) is 9.48. The summed E-state index contributed by atoms with van der Waals surface area (Å²) in [6.45, 7) is 1.04. The van der Waals surface area contributed by atoms with Crippen LogP contribution >= 0.6 is 0 Å². The Hall–Kier alpha value is -0.750. The van der Waals surface area contributed by atoms with E-state index in [1.807, 2.05) is 0 Å². The van der Waals surface area contributed by atoms with Crippen LogP contribution in [0.3, 0.4) is 0 Å². The highest BCUT2D eigenvalue weighted by Crippen LogP contribution is 2.19. The van der Waals surface area contributed by atoms with Crippen molar-refractivity contribution < 1.29 is 13.6 Å². The molecule has 0 saturated carbocycles. The summed E-state index contributed by atoms with van der Waals surface area (Å²) in [5, 5.41) is 5.31. The molecule has 1 aliphatic heterocycles. The minimum Gasteiger partial charge on any atom is -0.348 e. The van der Waals surface area contributed by atoms with E-state index in [-0.39, 0.29) is 5.91 Å². The highest BCUT2D eigenvalue weighted by atomic mass is 19.3. The largest absolute Gasteiger partial charge is 0.348 e. The van der Waals surface area contributed by atoms with E-state index in [2.05, 4.69) is 10.6 Å². The van der Waals surface area contributed by atoms with Crippen molar-refractivity contribution in [3.63, 3.8) is 0 Å². The number of piperidine rings is 1. The molecule has 0 aromatic rings. The lowest BCUT2D eigenvalue weighted by molar-refractivity contribution is -0.129. The molecule has 94 valence electrons. The minimum absolute atomic E-state index is 0.375. The third kappa shape index (κ3) is 3.38. The van der Waals surface area contributed by atoms with Crippen molar-refractivity contribution in [1.82, 2.24) is 10.6 Å². The molecule has 1 heterocycles. The highest BCUT2D eigenvalue weighted by molar-refractivity contribution is 5.86. The highest BCUT2D eigenvalue weighted by Gasteiger charge is 2.36. The maximum absolute atomic E-state index is 12.8. The number of carbonyl (C=O) groups is 1. The molecule has 1 fully saturated rings. The van der Waals surface area contributed by atoms with E-state index in [0.717, 1.165) is 19.4 Å². The Morgan fingerprint density at radius 2 is 2.25 bits per heavy atom. The first kappa shape index (κ1) is 13.3. The third-order valence-electron chi connectivity index (χ3n) is 2.93. The lowest BCUT2D eigenvalue weighted by Crippen LogP contribution is -2.58. The Balaban J connectivity index is 2.45. The quantitative estimate of drug-likeness (QED) is 0.653. The summed E-state index contributed by atoms with van der Waals surface area (Å²) in [6.07, 6.45) is 2.62. The molecule has 4 nitrogen and oxygen atoms in total. The Morgan fingerprint density at radius 1 is 1.56 bits per heavy atom. The molecule has 1 unspecified atom stereocenters. The first-order chi connectivity index (χ1) is 7.40. The van der Waals surface area contributed by atoms with Crippen LogP contribution in [0.2, 0.25) is 0 Å². The van der Waals surface area contributed by atoms with Crippen molar-refractivity contribution in [2.75, 3.05) is 19.6 Å². The second-order valence-corrected chi connectivity index (χ2v) is 4.46. The van der Waals surface area contributed by atoms with Crippen molar-refractivity contribution in [3.8, 4) is 0 Å². The zero-order chi connectivity index (χ0) is 12.2. The summed E-state index contributed by atoms with van der Waals surface area (Å²) in [7, 11) is 0. The molecule has 6 heteroatoms. The number of amides is 1. The van der Waals surface area contributed by atoms with E-state index in [4.69, 9.17) is 5.73 Å². The van der Waals surface area contributed by atoms with Crippen LogP contribution in [-0.4, -0.2) is 37.0 Å². The average molecular weight is 235 g/mol. The molecule has 1 rings (SSSR count). The number of alkyl halides is 2. The summed E-state index contributed by atoms with van der Waals surface area (Å²) in [6, 6.07) is 0. The Morgan fingerprint density at radius 3 is 2.75 bits per heavy atom. The van der Waals surface area contributed by atoms with Gasteiger partial charge in [0.1, 0.15) is 0 Å². The number of hydrogen-bond acceptors (Lipinski definition) is 3. The topological polar surface area (TPSA) is 67.2 Å².